The van der Waals surface area contributed by atoms with E-state index in [2.05, 4.69) is 15.4 Å². The van der Waals surface area contributed by atoms with Crippen LogP contribution >= 0.6 is 0 Å². The van der Waals surface area contributed by atoms with E-state index in [0.29, 0.717) is 30.2 Å². The van der Waals surface area contributed by atoms with E-state index < -0.39 is 0 Å². The van der Waals surface area contributed by atoms with Gasteiger partial charge in [-0.1, -0.05) is 54.1 Å². The van der Waals surface area contributed by atoms with E-state index in [0.717, 1.165) is 22.2 Å². The topological polar surface area (TPSA) is 81.9 Å². The number of ether oxygens (including phenoxy) is 1. The van der Waals surface area contributed by atoms with Crippen molar-refractivity contribution >= 4 is 22.5 Å². The molecule has 0 aliphatic rings. The van der Waals surface area contributed by atoms with Crippen LogP contribution in [0.25, 0.3) is 22.2 Å². The van der Waals surface area contributed by atoms with Crippen molar-refractivity contribution in [1.82, 2.24) is 19.7 Å². The molecule has 5 rings (SSSR count). The minimum Gasteiger partial charge on any atom is -0.492 e. The summed E-state index contributed by atoms with van der Waals surface area (Å²) in [4.78, 5) is 22.0. The predicted octanol–water partition coefficient (Wildman–Crippen LogP) is 5.13. The van der Waals surface area contributed by atoms with Crippen LogP contribution in [0.2, 0.25) is 0 Å². The van der Waals surface area contributed by atoms with E-state index >= 15 is 0 Å². The highest BCUT2D eigenvalue weighted by Crippen LogP contribution is 2.26. The van der Waals surface area contributed by atoms with Crippen molar-refractivity contribution in [2.75, 3.05) is 11.9 Å². The van der Waals surface area contributed by atoms with E-state index in [1.54, 1.807) is 11.0 Å². The van der Waals surface area contributed by atoms with Crippen molar-refractivity contribution in [3.63, 3.8) is 0 Å². The highest BCUT2D eigenvalue weighted by atomic mass is 16.5. The molecular weight excluding hydrogens is 426 g/mol. The van der Waals surface area contributed by atoms with E-state index in [-0.39, 0.29) is 5.91 Å². The molecule has 7 nitrogen and oxygen atoms in total. The molecule has 34 heavy (non-hydrogen) atoms. The van der Waals surface area contributed by atoms with Gasteiger partial charge in [-0.15, -0.1) is 0 Å². The molecule has 1 amide bonds. The molecule has 3 aromatic carbocycles. The first-order valence-electron chi connectivity index (χ1n) is 11.0. The maximum absolute atomic E-state index is 13.3. The quantitative estimate of drug-likeness (QED) is 0.372. The second-order valence-electron chi connectivity index (χ2n) is 7.93. The molecule has 0 unspecified atom stereocenters. The maximum atomic E-state index is 13.3. The van der Waals surface area contributed by atoms with Gasteiger partial charge in [-0.25, -0.2) is 14.6 Å². The lowest BCUT2D eigenvalue weighted by atomic mass is 10.0. The molecule has 0 fully saturated rings. The SMILES string of the molecule is Cc1ccc(-c2cc(C(=O)Nc3cccc(OCCn4cncn4)c3)c3ccccc3n2)cc1. The summed E-state index contributed by atoms with van der Waals surface area (Å²) in [5, 5.41) is 7.87. The lowest BCUT2D eigenvalue weighted by molar-refractivity contribution is 0.102. The maximum Gasteiger partial charge on any atom is 0.256 e. The van der Waals surface area contributed by atoms with Crippen LogP contribution in [-0.4, -0.2) is 32.3 Å². The number of carbonyl (C=O) groups excluding carboxylic acids is 1. The number of fused-ring (bicyclic) bond motifs is 1. The fraction of sp³-hybridized carbons (Fsp3) is 0.111. The van der Waals surface area contributed by atoms with E-state index in [1.807, 2.05) is 85.8 Å². The van der Waals surface area contributed by atoms with Crippen LogP contribution in [0.1, 0.15) is 15.9 Å². The van der Waals surface area contributed by atoms with E-state index in [1.165, 1.54) is 11.9 Å². The first kappa shape index (κ1) is 21.3. The highest BCUT2D eigenvalue weighted by Gasteiger charge is 2.14. The summed E-state index contributed by atoms with van der Waals surface area (Å²) in [6, 6.07) is 25.0. The van der Waals surface area contributed by atoms with Gasteiger partial charge < -0.3 is 10.1 Å². The number of hydrogen-bond donors (Lipinski definition) is 1. The van der Waals surface area contributed by atoms with E-state index in [4.69, 9.17) is 9.72 Å². The molecule has 5 aromatic rings. The van der Waals surface area contributed by atoms with Crippen LogP contribution in [0.5, 0.6) is 5.75 Å². The first-order chi connectivity index (χ1) is 16.7. The molecule has 0 radical (unpaired) electrons. The second kappa shape index (κ2) is 9.54. The van der Waals surface area contributed by atoms with Crippen LogP contribution in [0, 0.1) is 6.92 Å². The standard InChI is InChI=1S/C27H23N5O2/c1-19-9-11-20(12-10-19)26-16-24(23-7-2-3-8-25(23)31-26)27(33)30-21-5-4-6-22(15-21)34-14-13-32-18-28-17-29-32/h2-12,15-18H,13-14H2,1H3,(H,30,33). The van der Waals surface area contributed by atoms with Crippen molar-refractivity contribution in [2.45, 2.75) is 13.5 Å². The van der Waals surface area contributed by atoms with Crippen LogP contribution in [-0.2, 0) is 6.54 Å². The minimum atomic E-state index is -0.202. The third kappa shape index (κ3) is 4.78. The van der Waals surface area contributed by atoms with Crippen LogP contribution in [0.3, 0.4) is 0 Å². The number of hydrogen-bond acceptors (Lipinski definition) is 5. The van der Waals surface area contributed by atoms with Gasteiger partial charge in [-0.05, 0) is 31.2 Å². The molecule has 0 aliphatic carbocycles. The number of anilines is 1. The smallest absolute Gasteiger partial charge is 0.256 e. The van der Waals surface area contributed by atoms with E-state index in [9.17, 15) is 4.79 Å². The zero-order valence-corrected chi connectivity index (χ0v) is 18.7. The molecular formula is C27H23N5O2. The highest BCUT2D eigenvalue weighted by molar-refractivity contribution is 6.13. The molecule has 1 N–H and O–H groups in total. The van der Waals surface area contributed by atoms with Gasteiger partial charge in [0.05, 0.1) is 23.3 Å². The van der Waals surface area contributed by atoms with Gasteiger partial charge in [0.25, 0.3) is 5.91 Å². The Morgan fingerprint density at radius 3 is 2.68 bits per heavy atom. The Hall–Kier alpha value is -4.52. The second-order valence-corrected chi connectivity index (χ2v) is 7.93. The van der Waals surface area contributed by atoms with Crippen molar-refractivity contribution in [3.05, 3.63) is 103 Å². The van der Waals surface area contributed by atoms with Crippen molar-refractivity contribution in [3.8, 4) is 17.0 Å². The zero-order valence-electron chi connectivity index (χ0n) is 18.7. The number of benzene rings is 3. The lowest BCUT2D eigenvalue weighted by Crippen LogP contribution is -2.13. The Morgan fingerprint density at radius 2 is 1.85 bits per heavy atom. The molecule has 2 aromatic heterocycles. The number of rotatable bonds is 7. The molecule has 7 heteroatoms. The van der Waals surface area contributed by atoms with Gasteiger partial charge in [0.15, 0.2) is 0 Å². The number of carbonyl (C=O) groups is 1. The zero-order chi connectivity index (χ0) is 23.3. The number of nitrogens with zero attached hydrogens (tertiary/aromatic N) is 4. The monoisotopic (exact) mass is 449 g/mol. The fourth-order valence-corrected chi connectivity index (χ4v) is 3.70. The number of nitrogens with one attached hydrogen (secondary N) is 1. The number of pyridine rings is 1. The van der Waals surface area contributed by atoms with Crippen LogP contribution in [0.4, 0.5) is 5.69 Å². The summed E-state index contributed by atoms with van der Waals surface area (Å²) in [6.45, 7) is 3.07. The predicted molar refractivity (Wildman–Crippen MR) is 132 cm³/mol. The molecule has 0 bridgehead atoms. The van der Waals surface area contributed by atoms with Gasteiger partial charge in [0, 0.05) is 22.7 Å². The molecule has 0 spiro atoms. The largest absolute Gasteiger partial charge is 0.492 e. The van der Waals surface area contributed by atoms with Gasteiger partial charge in [-0.3, -0.25) is 4.79 Å². The summed E-state index contributed by atoms with van der Waals surface area (Å²) in [6.07, 6.45) is 3.13. The van der Waals surface area contributed by atoms with Crippen LogP contribution in [0.15, 0.2) is 91.5 Å². The average molecular weight is 450 g/mol. The Kier molecular flexibility index (Phi) is 5.99. The van der Waals surface area contributed by atoms with Gasteiger partial charge >= 0.3 is 0 Å². The number of amides is 1. The van der Waals surface area contributed by atoms with Crippen molar-refractivity contribution in [1.29, 1.82) is 0 Å². The van der Waals surface area contributed by atoms with Gasteiger partial charge in [0.2, 0.25) is 0 Å². The molecule has 0 atom stereocenters. The summed E-state index contributed by atoms with van der Waals surface area (Å²) >= 11 is 0. The number of para-hydroxylation sites is 1. The molecule has 0 saturated carbocycles. The average Bonchev–Trinajstić information content (AvgIpc) is 3.38. The normalized spacial score (nSPS) is 10.9. The minimum absolute atomic E-state index is 0.202. The van der Waals surface area contributed by atoms with Gasteiger partial charge in [0.1, 0.15) is 25.0 Å². The third-order valence-electron chi connectivity index (χ3n) is 5.46. The summed E-state index contributed by atoms with van der Waals surface area (Å²) in [5.41, 5.74) is 4.89. The Labute approximate surface area is 197 Å². The van der Waals surface area contributed by atoms with Crippen molar-refractivity contribution < 1.29 is 9.53 Å². The Balaban J connectivity index is 1.38. The molecule has 2 heterocycles. The number of aromatic nitrogens is 4. The summed E-state index contributed by atoms with van der Waals surface area (Å²) in [5.74, 6) is 0.463. The number of aryl methyl sites for hydroxylation is 1. The summed E-state index contributed by atoms with van der Waals surface area (Å²) in [7, 11) is 0. The van der Waals surface area contributed by atoms with Crippen molar-refractivity contribution in [2.24, 2.45) is 0 Å². The van der Waals surface area contributed by atoms with Crippen LogP contribution < -0.4 is 10.1 Å². The third-order valence-corrected chi connectivity index (χ3v) is 5.46. The fourth-order valence-electron chi connectivity index (χ4n) is 3.70. The summed E-state index contributed by atoms with van der Waals surface area (Å²) < 4.78 is 7.51. The molecule has 0 saturated heterocycles. The molecule has 0 aliphatic heterocycles. The first-order valence-corrected chi connectivity index (χ1v) is 11.0. The molecule has 168 valence electrons. The lowest BCUT2D eigenvalue weighted by Gasteiger charge is -2.12. The van der Waals surface area contributed by atoms with Gasteiger partial charge in [-0.2, -0.15) is 5.10 Å². The Bertz CT molecular complexity index is 1430. The Morgan fingerprint density at radius 1 is 1.00 bits per heavy atom.